The van der Waals surface area contributed by atoms with Gasteiger partial charge in [0.1, 0.15) is 11.9 Å². The standard InChI is InChI=1S/C14H12BrF3N2O2/c15-10-2-12-8(1-11(10)16)9(13(14(17)18)19-6-21)3-20(12)7-4-22-5-7/h1-3,6-7,13-14H,4-5H2,(H,19,21). The van der Waals surface area contributed by atoms with E-state index in [0.717, 1.165) is 0 Å². The Labute approximate surface area is 132 Å². The molecule has 0 aliphatic carbocycles. The van der Waals surface area contributed by atoms with Gasteiger partial charge < -0.3 is 14.6 Å². The van der Waals surface area contributed by atoms with E-state index in [0.29, 0.717) is 24.1 Å². The van der Waals surface area contributed by atoms with Crippen molar-refractivity contribution in [1.29, 1.82) is 0 Å². The van der Waals surface area contributed by atoms with Crippen LogP contribution < -0.4 is 5.32 Å². The summed E-state index contributed by atoms with van der Waals surface area (Å²) in [6.07, 6.45) is -1.03. The van der Waals surface area contributed by atoms with Crippen LogP contribution in [0.5, 0.6) is 0 Å². The van der Waals surface area contributed by atoms with Crippen LogP contribution >= 0.6 is 15.9 Å². The van der Waals surface area contributed by atoms with Gasteiger partial charge in [-0.2, -0.15) is 0 Å². The number of hydrogen-bond acceptors (Lipinski definition) is 2. The third kappa shape index (κ3) is 2.50. The Morgan fingerprint density at radius 3 is 2.68 bits per heavy atom. The van der Waals surface area contributed by atoms with Crippen molar-refractivity contribution >= 4 is 33.2 Å². The number of aromatic nitrogens is 1. The minimum absolute atomic E-state index is 0.0168. The van der Waals surface area contributed by atoms with Gasteiger partial charge in [-0.15, -0.1) is 0 Å². The van der Waals surface area contributed by atoms with Gasteiger partial charge in [-0.3, -0.25) is 4.79 Å². The second kappa shape index (κ2) is 5.92. The highest BCUT2D eigenvalue weighted by atomic mass is 79.9. The predicted octanol–water partition coefficient (Wildman–Crippen LogP) is 3.17. The van der Waals surface area contributed by atoms with E-state index in [4.69, 9.17) is 4.74 Å². The Balaban J connectivity index is 2.20. The highest BCUT2D eigenvalue weighted by Gasteiger charge is 2.29. The van der Waals surface area contributed by atoms with E-state index in [2.05, 4.69) is 21.2 Å². The summed E-state index contributed by atoms with van der Waals surface area (Å²) in [6.45, 7) is 0.942. The van der Waals surface area contributed by atoms with Crippen LogP contribution in [0, 0.1) is 5.82 Å². The van der Waals surface area contributed by atoms with Gasteiger partial charge in [0, 0.05) is 17.1 Å². The lowest BCUT2D eigenvalue weighted by Crippen LogP contribution is -2.30. The van der Waals surface area contributed by atoms with Crippen LogP contribution in [-0.2, 0) is 9.53 Å². The highest BCUT2D eigenvalue weighted by molar-refractivity contribution is 9.10. The molecule has 0 bridgehead atoms. The number of hydrogen-bond donors (Lipinski definition) is 1. The fourth-order valence-corrected chi connectivity index (χ4v) is 2.91. The molecule has 3 rings (SSSR count). The first-order valence-corrected chi connectivity index (χ1v) is 7.37. The molecule has 1 aromatic carbocycles. The number of fused-ring (bicyclic) bond motifs is 1. The van der Waals surface area contributed by atoms with E-state index in [1.165, 1.54) is 12.3 Å². The molecule has 1 N–H and O–H groups in total. The molecular weight excluding hydrogens is 365 g/mol. The van der Waals surface area contributed by atoms with Crippen molar-refractivity contribution in [1.82, 2.24) is 9.88 Å². The van der Waals surface area contributed by atoms with E-state index in [1.54, 1.807) is 10.6 Å². The second-order valence-electron chi connectivity index (χ2n) is 5.06. The molecule has 0 spiro atoms. The molecule has 2 heterocycles. The van der Waals surface area contributed by atoms with Crippen molar-refractivity contribution in [3.63, 3.8) is 0 Å². The minimum Gasteiger partial charge on any atom is -0.377 e. The Kier molecular flexibility index (Phi) is 4.14. The van der Waals surface area contributed by atoms with Gasteiger partial charge in [-0.1, -0.05) is 0 Å². The number of alkyl halides is 2. The number of carbonyl (C=O) groups excluding carboxylic acids is 1. The van der Waals surface area contributed by atoms with Gasteiger partial charge in [0.05, 0.1) is 29.2 Å². The summed E-state index contributed by atoms with van der Waals surface area (Å²) in [4.78, 5) is 10.6. The number of nitrogens with zero attached hydrogens (tertiary/aromatic N) is 1. The first-order chi connectivity index (χ1) is 10.5. The molecule has 118 valence electrons. The third-order valence-corrected chi connectivity index (χ3v) is 4.36. The third-order valence-electron chi connectivity index (χ3n) is 3.75. The van der Waals surface area contributed by atoms with Crippen LogP contribution in [0.3, 0.4) is 0 Å². The summed E-state index contributed by atoms with van der Waals surface area (Å²) in [5.41, 5.74) is 0.810. The largest absolute Gasteiger partial charge is 0.377 e. The summed E-state index contributed by atoms with van der Waals surface area (Å²) in [5, 5.41) is 2.46. The smallest absolute Gasteiger partial charge is 0.262 e. The molecule has 0 saturated carbocycles. The molecule has 4 nitrogen and oxygen atoms in total. The minimum atomic E-state index is -2.80. The van der Waals surface area contributed by atoms with Crippen molar-refractivity contribution in [3.05, 3.63) is 34.2 Å². The fourth-order valence-electron chi connectivity index (χ4n) is 2.58. The topological polar surface area (TPSA) is 43.3 Å². The maximum atomic E-state index is 13.8. The molecule has 1 amide bonds. The summed E-state index contributed by atoms with van der Waals surface area (Å²) < 4.78 is 47.5. The number of amides is 1. The van der Waals surface area contributed by atoms with E-state index in [1.807, 2.05) is 0 Å². The molecule has 1 aliphatic heterocycles. The fraction of sp³-hybridized carbons (Fsp3) is 0.357. The number of ether oxygens (including phenoxy) is 1. The lowest BCUT2D eigenvalue weighted by molar-refractivity contribution is -0.111. The maximum Gasteiger partial charge on any atom is 0.262 e. The van der Waals surface area contributed by atoms with Gasteiger partial charge in [-0.25, -0.2) is 13.2 Å². The molecule has 1 saturated heterocycles. The molecule has 1 fully saturated rings. The highest BCUT2D eigenvalue weighted by Crippen LogP contribution is 2.35. The van der Waals surface area contributed by atoms with E-state index in [9.17, 15) is 18.0 Å². The number of rotatable bonds is 5. The maximum absolute atomic E-state index is 13.8. The number of benzene rings is 1. The SMILES string of the molecule is O=CNC(c1cn(C2COC2)c2cc(Br)c(F)cc12)C(F)F. The Morgan fingerprint density at radius 2 is 2.14 bits per heavy atom. The second-order valence-corrected chi connectivity index (χ2v) is 5.92. The molecule has 0 radical (unpaired) electrons. The average Bonchev–Trinajstić information content (AvgIpc) is 2.73. The molecule has 2 aromatic rings. The lowest BCUT2D eigenvalue weighted by atomic mass is 10.1. The molecule has 1 aromatic heterocycles. The van der Waals surface area contributed by atoms with Crippen LogP contribution in [0.25, 0.3) is 10.9 Å². The Hall–Kier alpha value is -1.54. The molecule has 1 aliphatic rings. The van der Waals surface area contributed by atoms with Crippen LogP contribution in [0.4, 0.5) is 13.2 Å². The summed E-state index contributed by atoms with van der Waals surface area (Å²) in [5.74, 6) is -0.546. The van der Waals surface area contributed by atoms with Crippen molar-refractivity contribution in [2.45, 2.75) is 18.5 Å². The number of carbonyl (C=O) groups is 1. The normalized spacial score (nSPS) is 16.8. The van der Waals surface area contributed by atoms with Crippen molar-refractivity contribution < 1.29 is 22.7 Å². The van der Waals surface area contributed by atoms with Crippen LogP contribution in [0.15, 0.2) is 22.8 Å². The van der Waals surface area contributed by atoms with Gasteiger partial charge in [0.15, 0.2) is 0 Å². The lowest BCUT2D eigenvalue weighted by Gasteiger charge is -2.28. The van der Waals surface area contributed by atoms with Crippen molar-refractivity contribution in [3.8, 4) is 0 Å². The zero-order chi connectivity index (χ0) is 15.9. The first kappa shape index (κ1) is 15.4. The summed E-state index contributed by atoms with van der Waals surface area (Å²) in [7, 11) is 0. The van der Waals surface area contributed by atoms with Gasteiger partial charge in [-0.05, 0) is 28.1 Å². The van der Waals surface area contributed by atoms with Crippen LogP contribution in [0.1, 0.15) is 17.6 Å². The zero-order valence-corrected chi connectivity index (χ0v) is 12.8. The van der Waals surface area contributed by atoms with Crippen molar-refractivity contribution in [2.24, 2.45) is 0 Å². The Bertz CT molecular complexity index is 716. The van der Waals surface area contributed by atoms with E-state index >= 15 is 0 Å². The molecular formula is C14H12BrF3N2O2. The van der Waals surface area contributed by atoms with E-state index < -0.39 is 18.3 Å². The Morgan fingerprint density at radius 1 is 1.41 bits per heavy atom. The summed E-state index contributed by atoms with van der Waals surface area (Å²) >= 11 is 3.11. The number of nitrogens with one attached hydrogen (secondary N) is 1. The molecule has 1 atom stereocenters. The number of halogens is 4. The summed E-state index contributed by atoms with van der Waals surface area (Å²) in [6, 6.07) is 1.29. The monoisotopic (exact) mass is 376 g/mol. The predicted molar refractivity (Wildman–Crippen MR) is 77.4 cm³/mol. The molecule has 22 heavy (non-hydrogen) atoms. The molecule has 8 heteroatoms. The average molecular weight is 377 g/mol. The van der Waals surface area contributed by atoms with Crippen LogP contribution in [0.2, 0.25) is 0 Å². The van der Waals surface area contributed by atoms with Gasteiger partial charge >= 0.3 is 0 Å². The quantitative estimate of drug-likeness (QED) is 0.814. The van der Waals surface area contributed by atoms with Gasteiger partial charge in [0.25, 0.3) is 6.43 Å². The first-order valence-electron chi connectivity index (χ1n) is 6.58. The zero-order valence-electron chi connectivity index (χ0n) is 11.2. The molecule has 1 unspecified atom stereocenters. The van der Waals surface area contributed by atoms with Crippen LogP contribution in [-0.4, -0.2) is 30.6 Å². The van der Waals surface area contributed by atoms with Crippen molar-refractivity contribution in [2.75, 3.05) is 13.2 Å². The van der Waals surface area contributed by atoms with E-state index in [-0.39, 0.29) is 22.5 Å². The van der Waals surface area contributed by atoms with Gasteiger partial charge in [0.2, 0.25) is 6.41 Å².